The lowest BCUT2D eigenvalue weighted by molar-refractivity contribution is -0.139. The highest BCUT2D eigenvalue weighted by atomic mass is 16.5. The molecule has 0 unspecified atom stereocenters. The topological polar surface area (TPSA) is 101 Å². The van der Waals surface area contributed by atoms with E-state index in [0.29, 0.717) is 33.0 Å². The van der Waals surface area contributed by atoms with E-state index < -0.39 is 17.8 Å². The van der Waals surface area contributed by atoms with E-state index in [4.69, 9.17) is 4.74 Å². The van der Waals surface area contributed by atoms with Crippen molar-refractivity contribution in [3.8, 4) is 0 Å². The van der Waals surface area contributed by atoms with E-state index in [1.807, 2.05) is 24.3 Å². The van der Waals surface area contributed by atoms with E-state index in [1.54, 1.807) is 24.3 Å². The van der Waals surface area contributed by atoms with Crippen LogP contribution in [0, 0.1) is 0 Å². The van der Waals surface area contributed by atoms with E-state index in [0.717, 1.165) is 42.1 Å². The SMILES string of the molecule is C=C(C)C(=O)OCCN1C(=O)c2ccc3c4ccc5c6c(ccc(c7ccc(c2c37)C1=O)c64)C(=O)N(C)C5=O. The molecule has 2 aliphatic rings. The Morgan fingerprint density at radius 3 is 1.44 bits per heavy atom. The Kier molecular flexibility index (Phi) is 4.55. The van der Waals surface area contributed by atoms with Crippen molar-refractivity contribution in [2.45, 2.75) is 6.92 Å². The van der Waals surface area contributed by atoms with Crippen LogP contribution in [0.4, 0.5) is 0 Å². The molecule has 0 aliphatic carbocycles. The third kappa shape index (κ3) is 2.85. The maximum atomic E-state index is 13.5. The number of fused-ring (bicyclic) bond motifs is 2. The van der Waals surface area contributed by atoms with Gasteiger partial charge in [-0.2, -0.15) is 0 Å². The average molecular weight is 517 g/mol. The van der Waals surface area contributed by atoms with Gasteiger partial charge in [-0.25, -0.2) is 4.79 Å². The number of imide groups is 2. The minimum absolute atomic E-state index is 0.0781. The van der Waals surface area contributed by atoms with E-state index in [1.165, 1.54) is 14.0 Å². The molecular formula is C31H20N2O6. The van der Waals surface area contributed by atoms with Crippen LogP contribution in [0.5, 0.6) is 0 Å². The molecule has 0 atom stereocenters. The Bertz CT molecular complexity index is 1920. The molecule has 0 saturated carbocycles. The van der Waals surface area contributed by atoms with Crippen molar-refractivity contribution in [2.24, 2.45) is 0 Å². The molecule has 39 heavy (non-hydrogen) atoms. The molecule has 0 spiro atoms. The van der Waals surface area contributed by atoms with Gasteiger partial charge in [-0.05, 0) is 63.5 Å². The summed E-state index contributed by atoms with van der Waals surface area (Å²) in [5.41, 5.74) is 1.94. The summed E-state index contributed by atoms with van der Waals surface area (Å²) in [6.07, 6.45) is 0. The first kappa shape index (κ1) is 23.0. The molecule has 0 bridgehead atoms. The van der Waals surface area contributed by atoms with Crippen LogP contribution in [0.2, 0.25) is 0 Å². The smallest absolute Gasteiger partial charge is 0.333 e. The van der Waals surface area contributed by atoms with Gasteiger partial charge in [0.25, 0.3) is 23.6 Å². The number of rotatable bonds is 4. The van der Waals surface area contributed by atoms with Gasteiger partial charge in [-0.1, -0.05) is 30.8 Å². The second-order valence-electron chi connectivity index (χ2n) is 9.99. The summed E-state index contributed by atoms with van der Waals surface area (Å²) in [5, 5.41) is 6.10. The summed E-state index contributed by atoms with van der Waals surface area (Å²) in [5.74, 6) is -2.20. The molecule has 8 nitrogen and oxygen atoms in total. The number of hydrogen-bond donors (Lipinski definition) is 0. The predicted molar refractivity (Wildman–Crippen MR) is 145 cm³/mol. The minimum atomic E-state index is -0.584. The fourth-order valence-electron chi connectivity index (χ4n) is 5.99. The van der Waals surface area contributed by atoms with E-state index in [2.05, 4.69) is 6.58 Å². The van der Waals surface area contributed by atoms with Gasteiger partial charge in [-0.15, -0.1) is 0 Å². The molecule has 4 amide bonds. The number of amides is 4. The summed E-state index contributed by atoms with van der Waals surface area (Å²) in [4.78, 5) is 66.9. The first-order valence-electron chi connectivity index (χ1n) is 12.4. The van der Waals surface area contributed by atoms with Crippen molar-refractivity contribution < 1.29 is 28.7 Å². The van der Waals surface area contributed by atoms with E-state index >= 15 is 0 Å². The Balaban J connectivity index is 1.46. The molecule has 0 radical (unpaired) electrons. The Labute approximate surface area is 221 Å². The highest BCUT2D eigenvalue weighted by Gasteiger charge is 2.36. The molecular weight excluding hydrogens is 496 g/mol. The van der Waals surface area contributed by atoms with Crippen molar-refractivity contribution in [3.63, 3.8) is 0 Å². The summed E-state index contributed by atoms with van der Waals surface area (Å²) in [6, 6.07) is 14.3. The average Bonchev–Trinajstić information content (AvgIpc) is 2.94. The first-order valence-corrected chi connectivity index (χ1v) is 12.4. The zero-order chi connectivity index (χ0) is 27.3. The van der Waals surface area contributed by atoms with Crippen LogP contribution in [0.3, 0.4) is 0 Å². The van der Waals surface area contributed by atoms with Crippen LogP contribution in [0.15, 0.2) is 60.7 Å². The fourth-order valence-corrected chi connectivity index (χ4v) is 5.99. The second kappa shape index (κ2) is 7.70. The molecule has 0 N–H and O–H groups in total. The highest BCUT2D eigenvalue weighted by molar-refractivity contribution is 6.41. The maximum absolute atomic E-state index is 13.5. The maximum Gasteiger partial charge on any atom is 0.333 e. The fraction of sp³-hybridized carbons (Fsp3) is 0.129. The molecule has 5 aromatic rings. The molecule has 5 aromatic carbocycles. The number of nitrogens with zero attached hydrogens (tertiary/aromatic N) is 2. The van der Waals surface area contributed by atoms with Crippen molar-refractivity contribution >= 4 is 72.7 Å². The predicted octanol–water partition coefficient (Wildman–Crippen LogP) is 4.68. The molecule has 0 fully saturated rings. The highest BCUT2D eigenvalue weighted by Crippen LogP contribution is 2.46. The largest absolute Gasteiger partial charge is 0.460 e. The standard InChI is InChI=1S/C31H20N2O6/c1-14(2)31(38)39-13-12-33-29(36)21-10-6-17-15-4-8-19-25-20(28(35)32(3)27(19)34)9-5-16(23(15)25)18-7-11-22(30(33)37)26(21)24(17)18/h4-11H,1,12-13H2,2-3H3. The molecule has 2 aliphatic heterocycles. The first-order chi connectivity index (χ1) is 18.7. The molecule has 2 heterocycles. The van der Waals surface area contributed by atoms with Gasteiger partial charge in [0.2, 0.25) is 0 Å². The van der Waals surface area contributed by atoms with Gasteiger partial charge in [0.15, 0.2) is 0 Å². The lowest BCUT2D eigenvalue weighted by Crippen LogP contribution is -2.42. The van der Waals surface area contributed by atoms with Crippen molar-refractivity contribution in [3.05, 3.63) is 82.9 Å². The molecule has 0 saturated heterocycles. The molecule has 190 valence electrons. The Morgan fingerprint density at radius 2 is 1.05 bits per heavy atom. The second-order valence-corrected chi connectivity index (χ2v) is 9.99. The number of ether oxygens (including phenoxy) is 1. The van der Waals surface area contributed by atoms with Gasteiger partial charge in [0, 0.05) is 45.6 Å². The van der Waals surface area contributed by atoms with Crippen LogP contribution in [-0.4, -0.2) is 59.6 Å². The molecule has 7 rings (SSSR count). The lowest BCUT2D eigenvalue weighted by atomic mass is 9.82. The third-order valence-corrected chi connectivity index (χ3v) is 7.82. The van der Waals surface area contributed by atoms with Crippen LogP contribution in [0.25, 0.3) is 43.1 Å². The van der Waals surface area contributed by atoms with Crippen LogP contribution in [0.1, 0.15) is 48.4 Å². The number of benzene rings is 5. The van der Waals surface area contributed by atoms with Gasteiger partial charge in [-0.3, -0.25) is 29.0 Å². The summed E-state index contributed by atoms with van der Waals surface area (Å²) in [7, 11) is 1.48. The van der Waals surface area contributed by atoms with E-state index in [9.17, 15) is 24.0 Å². The van der Waals surface area contributed by atoms with Crippen LogP contribution < -0.4 is 0 Å². The number of carbonyl (C=O) groups excluding carboxylic acids is 5. The van der Waals surface area contributed by atoms with Gasteiger partial charge < -0.3 is 4.74 Å². The van der Waals surface area contributed by atoms with Gasteiger partial charge >= 0.3 is 5.97 Å². The normalized spacial score (nSPS) is 14.9. The van der Waals surface area contributed by atoms with Crippen LogP contribution in [-0.2, 0) is 9.53 Å². The molecule has 0 aromatic heterocycles. The van der Waals surface area contributed by atoms with Crippen LogP contribution >= 0.6 is 0 Å². The number of carbonyl (C=O) groups is 5. The van der Waals surface area contributed by atoms with Crippen molar-refractivity contribution in [1.82, 2.24) is 9.80 Å². The summed E-state index contributed by atoms with van der Waals surface area (Å²) < 4.78 is 5.12. The monoisotopic (exact) mass is 516 g/mol. The van der Waals surface area contributed by atoms with Gasteiger partial charge in [0.05, 0.1) is 6.54 Å². The number of hydrogen-bond acceptors (Lipinski definition) is 6. The van der Waals surface area contributed by atoms with Crippen molar-refractivity contribution in [1.29, 1.82) is 0 Å². The molecule has 8 heteroatoms. The quantitative estimate of drug-likeness (QED) is 0.113. The third-order valence-electron chi connectivity index (χ3n) is 7.82. The number of esters is 1. The summed E-state index contributed by atoms with van der Waals surface area (Å²) >= 11 is 0. The van der Waals surface area contributed by atoms with Crippen molar-refractivity contribution in [2.75, 3.05) is 20.2 Å². The zero-order valence-corrected chi connectivity index (χ0v) is 21.1. The van der Waals surface area contributed by atoms with Gasteiger partial charge in [0.1, 0.15) is 6.61 Å². The Morgan fingerprint density at radius 1 is 0.667 bits per heavy atom. The summed E-state index contributed by atoms with van der Waals surface area (Å²) in [6.45, 7) is 4.85. The Hall–Kier alpha value is -5.11. The minimum Gasteiger partial charge on any atom is -0.460 e. The zero-order valence-electron chi connectivity index (χ0n) is 21.1. The lowest BCUT2D eigenvalue weighted by Gasteiger charge is -2.29. The van der Waals surface area contributed by atoms with E-state index in [-0.39, 0.29) is 30.5 Å².